The van der Waals surface area contributed by atoms with Gasteiger partial charge >= 0.3 is 0 Å². The monoisotopic (exact) mass is 352 g/mol. The summed E-state index contributed by atoms with van der Waals surface area (Å²) in [5, 5.41) is 7.66. The number of piperazine rings is 1. The first-order chi connectivity index (χ1) is 12.6. The molecular formula is C19H24N6O. The van der Waals surface area contributed by atoms with Gasteiger partial charge in [0.25, 0.3) is 5.91 Å². The van der Waals surface area contributed by atoms with Crippen molar-refractivity contribution in [1.29, 1.82) is 0 Å². The number of carbonyl (C=O) groups is 1. The summed E-state index contributed by atoms with van der Waals surface area (Å²) in [6.07, 6.45) is 1.53. The van der Waals surface area contributed by atoms with Crippen molar-refractivity contribution in [3.05, 3.63) is 53.0 Å². The number of amides is 1. The first-order valence-electron chi connectivity index (χ1n) is 8.97. The zero-order chi connectivity index (χ0) is 18.3. The fourth-order valence-corrected chi connectivity index (χ4v) is 3.73. The number of likely N-dealkylation sites (N-methyl/N-ethyl adjacent to an activating group) is 1. The summed E-state index contributed by atoms with van der Waals surface area (Å²) in [4.78, 5) is 21.9. The van der Waals surface area contributed by atoms with Crippen LogP contribution >= 0.6 is 0 Å². The van der Waals surface area contributed by atoms with Crippen LogP contribution in [0.15, 0.2) is 41.9 Å². The maximum Gasteiger partial charge on any atom is 0.254 e. The highest BCUT2D eigenvalue weighted by atomic mass is 16.2. The van der Waals surface area contributed by atoms with Crippen LogP contribution in [0.3, 0.4) is 0 Å². The minimum atomic E-state index is -0.262. The molecule has 1 aromatic carbocycles. The van der Waals surface area contributed by atoms with Crippen LogP contribution in [0.4, 0.5) is 5.95 Å². The average molecular weight is 352 g/mol. The number of aryl methyl sites for hydroxylation is 1. The van der Waals surface area contributed by atoms with Gasteiger partial charge in [-0.25, -0.2) is 4.68 Å². The molecule has 2 aliphatic rings. The van der Waals surface area contributed by atoms with Gasteiger partial charge in [-0.1, -0.05) is 24.3 Å². The fraction of sp³-hybridized carbons (Fsp3) is 0.421. The molecule has 0 unspecified atom stereocenters. The van der Waals surface area contributed by atoms with Crippen LogP contribution < -0.4 is 5.32 Å². The summed E-state index contributed by atoms with van der Waals surface area (Å²) in [5.41, 5.74) is 3.82. The SMILES string of the molecule is CC1=C(C(=O)N2CCN(C)CC2)[C@H](c2ccccc2C)n2ncnc2N1. The van der Waals surface area contributed by atoms with E-state index in [1.165, 1.54) is 6.33 Å². The lowest BCUT2D eigenvalue weighted by molar-refractivity contribution is -0.129. The van der Waals surface area contributed by atoms with Crippen molar-refractivity contribution < 1.29 is 4.79 Å². The van der Waals surface area contributed by atoms with E-state index < -0.39 is 0 Å². The van der Waals surface area contributed by atoms with Crippen LogP contribution in [-0.4, -0.2) is 63.7 Å². The molecule has 7 heteroatoms. The average Bonchev–Trinajstić information content (AvgIpc) is 3.09. The zero-order valence-electron chi connectivity index (χ0n) is 15.4. The molecule has 2 aliphatic heterocycles. The first kappa shape index (κ1) is 16.8. The van der Waals surface area contributed by atoms with E-state index in [0.29, 0.717) is 5.95 Å². The molecule has 26 heavy (non-hydrogen) atoms. The zero-order valence-corrected chi connectivity index (χ0v) is 15.4. The molecule has 7 nitrogen and oxygen atoms in total. The van der Waals surface area contributed by atoms with E-state index in [2.05, 4.69) is 46.4 Å². The van der Waals surface area contributed by atoms with Crippen molar-refractivity contribution in [2.24, 2.45) is 0 Å². The van der Waals surface area contributed by atoms with E-state index in [1.54, 1.807) is 0 Å². The minimum Gasteiger partial charge on any atom is -0.336 e. The van der Waals surface area contributed by atoms with Crippen molar-refractivity contribution >= 4 is 11.9 Å². The smallest absolute Gasteiger partial charge is 0.254 e. The summed E-state index contributed by atoms with van der Waals surface area (Å²) >= 11 is 0. The number of nitrogens with zero attached hydrogens (tertiary/aromatic N) is 5. The van der Waals surface area contributed by atoms with E-state index >= 15 is 0 Å². The predicted molar refractivity (Wildman–Crippen MR) is 99.7 cm³/mol. The third kappa shape index (κ3) is 2.78. The van der Waals surface area contributed by atoms with Crippen molar-refractivity contribution in [3.63, 3.8) is 0 Å². The predicted octanol–water partition coefficient (Wildman–Crippen LogP) is 1.65. The van der Waals surface area contributed by atoms with Gasteiger partial charge in [0.2, 0.25) is 5.95 Å². The van der Waals surface area contributed by atoms with E-state index in [0.717, 1.165) is 48.6 Å². The molecule has 1 N–H and O–H groups in total. The molecule has 1 saturated heterocycles. The lowest BCUT2D eigenvalue weighted by atomic mass is 9.91. The van der Waals surface area contributed by atoms with Crippen LogP contribution in [-0.2, 0) is 4.79 Å². The summed E-state index contributed by atoms with van der Waals surface area (Å²) in [6, 6.07) is 7.90. The van der Waals surface area contributed by atoms with Gasteiger partial charge in [0.05, 0.1) is 5.57 Å². The second kappa shape index (κ2) is 6.57. The van der Waals surface area contributed by atoms with E-state index in [1.807, 2.05) is 28.6 Å². The Hall–Kier alpha value is -2.67. The van der Waals surface area contributed by atoms with Crippen LogP contribution in [0.1, 0.15) is 24.1 Å². The van der Waals surface area contributed by atoms with Gasteiger partial charge in [0, 0.05) is 31.9 Å². The van der Waals surface area contributed by atoms with Gasteiger partial charge in [-0.2, -0.15) is 10.1 Å². The summed E-state index contributed by atoms with van der Waals surface area (Å²) in [7, 11) is 2.09. The molecule has 1 amide bonds. The lowest BCUT2D eigenvalue weighted by Gasteiger charge is -2.36. The molecule has 1 atom stereocenters. The highest BCUT2D eigenvalue weighted by molar-refractivity contribution is 5.97. The Balaban J connectivity index is 1.78. The quantitative estimate of drug-likeness (QED) is 0.890. The Labute approximate surface area is 153 Å². The van der Waals surface area contributed by atoms with Crippen molar-refractivity contribution in [3.8, 4) is 0 Å². The highest BCUT2D eigenvalue weighted by Gasteiger charge is 2.36. The Morgan fingerprint density at radius 1 is 1.15 bits per heavy atom. The van der Waals surface area contributed by atoms with Crippen LogP contribution in [0.25, 0.3) is 0 Å². The Bertz CT molecular complexity index is 862. The normalized spacial score (nSPS) is 20.7. The largest absolute Gasteiger partial charge is 0.336 e. The number of hydrogen-bond acceptors (Lipinski definition) is 5. The van der Waals surface area contributed by atoms with Gasteiger partial charge in [0.15, 0.2) is 0 Å². The maximum atomic E-state index is 13.4. The number of rotatable bonds is 2. The molecule has 1 fully saturated rings. The Kier molecular flexibility index (Phi) is 4.24. The third-order valence-corrected chi connectivity index (χ3v) is 5.30. The summed E-state index contributed by atoms with van der Waals surface area (Å²) in [5.74, 6) is 0.753. The molecule has 1 aromatic heterocycles. The minimum absolute atomic E-state index is 0.0810. The molecule has 0 bridgehead atoms. The standard InChI is InChI=1S/C19H24N6O/c1-13-6-4-5-7-15(13)17-16(14(2)22-19-20-12-21-25(17)19)18(26)24-10-8-23(3)9-11-24/h4-7,12,17H,8-11H2,1-3H3,(H,20,21,22)/t17-/m0/s1. The second-order valence-corrected chi connectivity index (χ2v) is 7.05. The molecule has 2 aromatic rings. The van der Waals surface area contributed by atoms with E-state index in [9.17, 15) is 4.79 Å². The van der Waals surface area contributed by atoms with Crippen molar-refractivity contribution in [2.75, 3.05) is 38.5 Å². The molecular weight excluding hydrogens is 328 g/mol. The number of hydrogen-bond donors (Lipinski definition) is 1. The Morgan fingerprint density at radius 2 is 1.88 bits per heavy atom. The molecule has 4 rings (SSSR count). The van der Waals surface area contributed by atoms with Crippen LogP contribution in [0.5, 0.6) is 0 Å². The number of fused-ring (bicyclic) bond motifs is 1. The third-order valence-electron chi connectivity index (χ3n) is 5.30. The summed E-state index contributed by atoms with van der Waals surface area (Å²) < 4.78 is 1.82. The molecule has 0 spiro atoms. The highest BCUT2D eigenvalue weighted by Crippen LogP contribution is 2.36. The number of benzene rings is 1. The lowest BCUT2D eigenvalue weighted by Crippen LogP contribution is -2.49. The van der Waals surface area contributed by atoms with Crippen molar-refractivity contribution in [1.82, 2.24) is 24.6 Å². The topological polar surface area (TPSA) is 66.3 Å². The molecule has 0 saturated carbocycles. The van der Waals surface area contributed by atoms with Crippen LogP contribution in [0, 0.1) is 6.92 Å². The Morgan fingerprint density at radius 3 is 2.62 bits per heavy atom. The molecule has 3 heterocycles. The van der Waals surface area contributed by atoms with Crippen LogP contribution in [0.2, 0.25) is 0 Å². The van der Waals surface area contributed by atoms with E-state index in [4.69, 9.17) is 0 Å². The van der Waals surface area contributed by atoms with Gasteiger partial charge in [-0.3, -0.25) is 4.79 Å². The van der Waals surface area contributed by atoms with Gasteiger partial charge in [-0.05, 0) is 32.0 Å². The number of allylic oxidation sites excluding steroid dienone is 1. The van der Waals surface area contributed by atoms with E-state index in [-0.39, 0.29) is 11.9 Å². The first-order valence-corrected chi connectivity index (χ1v) is 8.97. The number of nitrogens with one attached hydrogen (secondary N) is 1. The van der Waals surface area contributed by atoms with Gasteiger partial charge in [0.1, 0.15) is 12.4 Å². The fourth-order valence-electron chi connectivity index (χ4n) is 3.73. The van der Waals surface area contributed by atoms with Gasteiger partial charge < -0.3 is 15.1 Å². The second-order valence-electron chi connectivity index (χ2n) is 7.05. The number of carbonyl (C=O) groups excluding carboxylic acids is 1. The molecule has 0 aliphatic carbocycles. The number of anilines is 1. The van der Waals surface area contributed by atoms with Crippen molar-refractivity contribution in [2.45, 2.75) is 19.9 Å². The molecule has 0 radical (unpaired) electrons. The maximum absolute atomic E-state index is 13.4. The van der Waals surface area contributed by atoms with Gasteiger partial charge in [-0.15, -0.1) is 0 Å². The molecule has 136 valence electrons. The number of aromatic nitrogens is 3. The summed E-state index contributed by atoms with van der Waals surface area (Å²) in [6.45, 7) is 7.31.